The van der Waals surface area contributed by atoms with Gasteiger partial charge in [0, 0.05) is 5.57 Å². The van der Waals surface area contributed by atoms with Gasteiger partial charge in [0.1, 0.15) is 6.10 Å². The van der Waals surface area contributed by atoms with Crippen molar-refractivity contribution in [3.8, 4) is 0 Å². The molecule has 3 rings (SSSR count). The summed E-state index contributed by atoms with van der Waals surface area (Å²) in [5, 5.41) is 0. The molecular weight excluding hydrogens is 268 g/mol. The monoisotopic (exact) mass is 282 g/mol. The molecule has 3 aliphatic heterocycles. The maximum atomic E-state index is 11.6. The van der Waals surface area contributed by atoms with E-state index in [4.69, 9.17) is 18.9 Å². The third-order valence-corrected chi connectivity index (χ3v) is 3.72. The smallest absolute Gasteiger partial charge is 0.344 e. The third kappa shape index (κ3) is 1.98. The molecule has 0 N–H and O–H groups in total. The van der Waals surface area contributed by atoms with Crippen molar-refractivity contribution in [2.45, 2.75) is 37.8 Å². The maximum Gasteiger partial charge on any atom is 0.344 e. The van der Waals surface area contributed by atoms with Gasteiger partial charge in [-0.05, 0) is 13.3 Å². The molecule has 0 radical (unpaired) electrons. The predicted molar refractivity (Wildman–Crippen MR) is 62.3 cm³/mol. The zero-order chi connectivity index (χ0) is 14.4. The van der Waals surface area contributed by atoms with E-state index >= 15 is 0 Å². The zero-order valence-electron chi connectivity index (χ0n) is 10.9. The fourth-order valence-corrected chi connectivity index (χ4v) is 2.82. The Labute approximate surface area is 114 Å². The standard InChI is InChI=1S/C13H14O7/c1-5(2)12(15)17-4-8(14)19-10-7-3-6-9(18-7)11(10)20-13(6)16/h6-7,9-11H,1,3-4H2,2H3/t6?,7-,9?,10?,11?/m0/s1. The van der Waals surface area contributed by atoms with E-state index in [1.165, 1.54) is 6.92 Å². The lowest BCUT2D eigenvalue weighted by molar-refractivity contribution is -0.167. The summed E-state index contributed by atoms with van der Waals surface area (Å²) in [4.78, 5) is 34.3. The minimum absolute atomic E-state index is 0.202. The number of esters is 3. The summed E-state index contributed by atoms with van der Waals surface area (Å²) in [6.07, 6.45) is -1.28. The minimum atomic E-state index is -0.694. The van der Waals surface area contributed by atoms with Crippen molar-refractivity contribution in [3.05, 3.63) is 12.2 Å². The summed E-state index contributed by atoms with van der Waals surface area (Å²) < 4.78 is 20.6. The van der Waals surface area contributed by atoms with Crippen LogP contribution >= 0.6 is 0 Å². The average Bonchev–Trinajstić information content (AvgIpc) is 3.00. The van der Waals surface area contributed by atoms with Crippen LogP contribution in [0, 0.1) is 5.92 Å². The quantitative estimate of drug-likeness (QED) is 0.398. The Morgan fingerprint density at radius 3 is 2.85 bits per heavy atom. The molecule has 3 saturated heterocycles. The molecular formula is C13H14O7. The van der Waals surface area contributed by atoms with E-state index < -0.39 is 30.8 Å². The molecule has 0 aromatic carbocycles. The van der Waals surface area contributed by atoms with Gasteiger partial charge in [0.05, 0.1) is 12.0 Å². The van der Waals surface area contributed by atoms with Crippen LogP contribution < -0.4 is 0 Å². The summed E-state index contributed by atoms with van der Waals surface area (Å²) in [7, 11) is 0. The van der Waals surface area contributed by atoms with Crippen LogP contribution in [0.3, 0.4) is 0 Å². The van der Waals surface area contributed by atoms with E-state index in [1.807, 2.05) is 0 Å². The van der Waals surface area contributed by atoms with Gasteiger partial charge in [0.25, 0.3) is 0 Å². The van der Waals surface area contributed by atoms with Crippen LogP contribution in [-0.4, -0.2) is 48.9 Å². The number of hydrogen-bond acceptors (Lipinski definition) is 7. The molecule has 3 aliphatic rings. The Hall–Kier alpha value is -1.89. The average molecular weight is 282 g/mol. The fraction of sp³-hybridized carbons (Fsp3) is 0.615. The number of carbonyl (C=O) groups excluding carboxylic acids is 3. The zero-order valence-corrected chi connectivity index (χ0v) is 10.9. The first-order valence-corrected chi connectivity index (χ1v) is 6.35. The largest absolute Gasteiger partial charge is 0.455 e. The molecule has 0 amide bonds. The second-order valence-corrected chi connectivity index (χ2v) is 5.19. The number of rotatable bonds is 4. The summed E-state index contributed by atoms with van der Waals surface area (Å²) in [6, 6.07) is 0. The first-order valence-electron chi connectivity index (χ1n) is 6.35. The molecule has 7 heteroatoms. The summed E-state index contributed by atoms with van der Waals surface area (Å²) in [5.74, 6) is -1.88. The van der Waals surface area contributed by atoms with Crippen LogP contribution in [0.4, 0.5) is 0 Å². The summed E-state index contributed by atoms with van der Waals surface area (Å²) in [6.45, 7) is 4.39. The number of fused-ring (bicyclic) bond motifs is 1. The molecule has 2 bridgehead atoms. The molecule has 0 aromatic heterocycles. The highest BCUT2D eigenvalue weighted by Crippen LogP contribution is 2.47. The second-order valence-electron chi connectivity index (χ2n) is 5.19. The molecule has 0 saturated carbocycles. The van der Waals surface area contributed by atoms with Gasteiger partial charge < -0.3 is 18.9 Å². The van der Waals surface area contributed by atoms with Crippen molar-refractivity contribution in [1.29, 1.82) is 0 Å². The van der Waals surface area contributed by atoms with Crippen molar-refractivity contribution in [1.82, 2.24) is 0 Å². The lowest BCUT2D eigenvalue weighted by Gasteiger charge is -2.22. The Kier molecular flexibility index (Phi) is 3.01. The van der Waals surface area contributed by atoms with Crippen LogP contribution in [-0.2, 0) is 33.3 Å². The highest BCUT2D eigenvalue weighted by Gasteiger charge is 2.65. The highest BCUT2D eigenvalue weighted by atomic mass is 16.7. The van der Waals surface area contributed by atoms with Crippen molar-refractivity contribution in [2.75, 3.05) is 6.61 Å². The Morgan fingerprint density at radius 2 is 2.15 bits per heavy atom. The molecule has 4 unspecified atom stereocenters. The Bertz CT molecular complexity index is 497. The van der Waals surface area contributed by atoms with Crippen LogP contribution in [0.25, 0.3) is 0 Å². The van der Waals surface area contributed by atoms with E-state index in [1.54, 1.807) is 0 Å². The minimum Gasteiger partial charge on any atom is -0.455 e. The predicted octanol–water partition coefficient (Wildman–Crippen LogP) is -0.270. The summed E-state index contributed by atoms with van der Waals surface area (Å²) in [5.41, 5.74) is 0.202. The van der Waals surface area contributed by atoms with Crippen molar-refractivity contribution >= 4 is 17.9 Å². The Balaban J connectivity index is 1.54. The van der Waals surface area contributed by atoms with Crippen LogP contribution in [0.2, 0.25) is 0 Å². The molecule has 3 heterocycles. The number of ether oxygens (including phenoxy) is 4. The lowest BCUT2D eigenvalue weighted by Crippen LogP contribution is -2.40. The van der Waals surface area contributed by atoms with Gasteiger partial charge in [-0.3, -0.25) is 4.79 Å². The van der Waals surface area contributed by atoms with Gasteiger partial charge in [0.2, 0.25) is 0 Å². The van der Waals surface area contributed by atoms with Crippen LogP contribution in [0.1, 0.15) is 13.3 Å². The van der Waals surface area contributed by atoms with E-state index in [2.05, 4.69) is 6.58 Å². The fourth-order valence-electron chi connectivity index (χ4n) is 2.82. The van der Waals surface area contributed by atoms with E-state index in [-0.39, 0.29) is 29.7 Å². The Morgan fingerprint density at radius 1 is 1.40 bits per heavy atom. The van der Waals surface area contributed by atoms with Gasteiger partial charge in [-0.1, -0.05) is 6.58 Å². The normalized spacial score (nSPS) is 36.6. The second kappa shape index (κ2) is 4.59. The van der Waals surface area contributed by atoms with Gasteiger partial charge >= 0.3 is 17.9 Å². The van der Waals surface area contributed by atoms with Crippen LogP contribution in [0.5, 0.6) is 0 Å². The molecule has 0 aliphatic carbocycles. The van der Waals surface area contributed by atoms with Crippen molar-refractivity contribution < 1.29 is 33.3 Å². The first kappa shape index (κ1) is 13.1. The van der Waals surface area contributed by atoms with Gasteiger partial charge in [0.15, 0.2) is 18.8 Å². The molecule has 3 fully saturated rings. The first-order chi connectivity index (χ1) is 9.47. The molecule has 5 atom stereocenters. The SMILES string of the molecule is C=C(C)C(=O)OCC(=O)OC1C2OC(=O)C3C[C@@H]1OC32. The van der Waals surface area contributed by atoms with Gasteiger partial charge in [-0.25, -0.2) is 9.59 Å². The number of carbonyl (C=O) groups is 3. The van der Waals surface area contributed by atoms with Crippen LogP contribution in [0.15, 0.2) is 12.2 Å². The molecule has 20 heavy (non-hydrogen) atoms. The maximum absolute atomic E-state index is 11.6. The molecule has 0 aromatic rings. The van der Waals surface area contributed by atoms with E-state index in [0.29, 0.717) is 6.42 Å². The third-order valence-electron chi connectivity index (χ3n) is 3.72. The van der Waals surface area contributed by atoms with Gasteiger partial charge in [-0.15, -0.1) is 0 Å². The lowest BCUT2D eigenvalue weighted by atomic mass is 9.88. The molecule has 7 nitrogen and oxygen atoms in total. The van der Waals surface area contributed by atoms with Gasteiger partial charge in [-0.2, -0.15) is 0 Å². The molecule has 108 valence electrons. The number of hydrogen-bond donors (Lipinski definition) is 0. The van der Waals surface area contributed by atoms with Crippen molar-refractivity contribution in [3.63, 3.8) is 0 Å². The van der Waals surface area contributed by atoms with E-state index in [9.17, 15) is 14.4 Å². The van der Waals surface area contributed by atoms with Crippen molar-refractivity contribution in [2.24, 2.45) is 5.92 Å². The topological polar surface area (TPSA) is 88.1 Å². The summed E-state index contributed by atoms with van der Waals surface area (Å²) >= 11 is 0. The van der Waals surface area contributed by atoms with E-state index in [0.717, 1.165) is 0 Å². The molecule has 0 spiro atoms. The highest BCUT2D eigenvalue weighted by molar-refractivity contribution is 5.88.